The van der Waals surface area contributed by atoms with E-state index < -0.39 is 11.9 Å². The van der Waals surface area contributed by atoms with Gasteiger partial charge < -0.3 is 9.47 Å². The summed E-state index contributed by atoms with van der Waals surface area (Å²) in [6, 6.07) is 7.39. The molecule has 88 valence electrons. The molecular formula is C12H10O4S. The zero-order valence-electron chi connectivity index (χ0n) is 9.35. The minimum Gasteiger partial charge on any atom is -0.421 e. The van der Waals surface area contributed by atoms with Crippen LogP contribution in [0.25, 0.3) is 10.1 Å². The second kappa shape index (κ2) is 4.55. The van der Waals surface area contributed by atoms with Crippen molar-refractivity contribution in [2.24, 2.45) is 0 Å². The zero-order chi connectivity index (χ0) is 12.4. The summed E-state index contributed by atoms with van der Waals surface area (Å²) in [5, 5.41) is 1.08. The van der Waals surface area contributed by atoms with Gasteiger partial charge in [-0.3, -0.25) is 9.59 Å². The van der Waals surface area contributed by atoms with Gasteiger partial charge in [-0.1, -0.05) is 23.5 Å². The van der Waals surface area contributed by atoms with Gasteiger partial charge >= 0.3 is 11.9 Å². The van der Waals surface area contributed by atoms with Gasteiger partial charge in [-0.25, -0.2) is 0 Å². The smallest absolute Gasteiger partial charge is 0.308 e. The highest BCUT2D eigenvalue weighted by atomic mass is 32.1. The lowest BCUT2D eigenvalue weighted by atomic mass is 10.2. The molecule has 5 heteroatoms. The molecule has 1 aromatic carbocycles. The summed E-state index contributed by atoms with van der Waals surface area (Å²) in [6.45, 7) is 2.62. The standard InChI is InChI=1S/C12H10O4S/c1-7(13)15-11-9-5-3-4-6-10(9)17-12(11)16-8(2)14/h3-6H,1-2H3. The summed E-state index contributed by atoms with van der Waals surface area (Å²) >= 11 is 1.27. The highest BCUT2D eigenvalue weighted by Gasteiger charge is 2.17. The predicted molar refractivity (Wildman–Crippen MR) is 64.4 cm³/mol. The number of rotatable bonds is 2. The number of esters is 2. The molecule has 0 aliphatic carbocycles. The lowest BCUT2D eigenvalue weighted by Crippen LogP contribution is -2.05. The molecule has 0 unspecified atom stereocenters. The van der Waals surface area contributed by atoms with Crippen LogP contribution in [0.2, 0.25) is 0 Å². The zero-order valence-corrected chi connectivity index (χ0v) is 10.2. The van der Waals surface area contributed by atoms with E-state index in [4.69, 9.17) is 9.47 Å². The van der Waals surface area contributed by atoms with Crippen molar-refractivity contribution >= 4 is 33.4 Å². The quantitative estimate of drug-likeness (QED) is 0.769. The Hall–Kier alpha value is -1.88. The lowest BCUT2D eigenvalue weighted by Gasteiger charge is -2.02. The van der Waals surface area contributed by atoms with Crippen LogP contribution < -0.4 is 9.47 Å². The van der Waals surface area contributed by atoms with Gasteiger partial charge in [0, 0.05) is 23.9 Å². The van der Waals surface area contributed by atoms with Crippen molar-refractivity contribution in [1.29, 1.82) is 0 Å². The Labute approximate surface area is 102 Å². The van der Waals surface area contributed by atoms with E-state index >= 15 is 0 Å². The average Bonchev–Trinajstić information content (AvgIpc) is 2.55. The first kappa shape index (κ1) is 11.6. The van der Waals surface area contributed by atoms with E-state index in [-0.39, 0.29) is 0 Å². The van der Waals surface area contributed by atoms with E-state index in [9.17, 15) is 9.59 Å². The average molecular weight is 250 g/mol. The number of benzene rings is 1. The topological polar surface area (TPSA) is 52.6 Å². The number of thiophene rings is 1. The first-order valence-electron chi connectivity index (χ1n) is 4.96. The number of ether oxygens (including phenoxy) is 2. The van der Waals surface area contributed by atoms with Crippen LogP contribution in [0.1, 0.15) is 13.8 Å². The molecule has 4 nitrogen and oxygen atoms in total. The Morgan fingerprint density at radius 3 is 2.35 bits per heavy atom. The normalized spacial score (nSPS) is 10.2. The maximum atomic E-state index is 11.0. The van der Waals surface area contributed by atoms with Crippen LogP contribution in [0, 0.1) is 0 Å². The summed E-state index contributed by atoms with van der Waals surface area (Å²) in [5.74, 6) is -0.569. The highest BCUT2D eigenvalue weighted by molar-refractivity contribution is 7.21. The van der Waals surface area contributed by atoms with Crippen LogP contribution in [0.15, 0.2) is 24.3 Å². The van der Waals surface area contributed by atoms with Crippen molar-refractivity contribution in [1.82, 2.24) is 0 Å². The predicted octanol–water partition coefficient (Wildman–Crippen LogP) is 2.75. The number of fused-ring (bicyclic) bond motifs is 1. The van der Waals surface area contributed by atoms with Crippen LogP contribution >= 0.6 is 11.3 Å². The van der Waals surface area contributed by atoms with E-state index in [0.717, 1.165) is 10.1 Å². The van der Waals surface area contributed by atoms with E-state index in [1.807, 2.05) is 24.3 Å². The van der Waals surface area contributed by atoms with E-state index in [0.29, 0.717) is 10.8 Å². The highest BCUT2D eigenvalue weighted by Crippen LogP contribution is 2.44. The van der Waals surface area contributed by atoms with Crippen molar-refractivity contribution < 1.29 is 19.1 Å². The number of carbonyl (C=O) groups excluding carboxylic acids is 2. The number of carbonyl (C=O) groups is 2. The molecule has 0 amide bonds. The fourth-order valence-electron chi connectivity index (χ4n) is 1.44. The first-order chi connectivity index (χ1) is 8.08. The minimum absolute atomic E-state index is 0.313. The third-order valence-corrected chi connectivity index (χ3v) is 3.03. The van der Waals surface area contributed by atoms with Crippen LogP contribution in [-0.4, -0.2) is 11.9 Å². The molecule has 0 aliphatic rings. The molecular weight excluding hydrogens is 240 g/mol. The van der Waals surface area contributed by atoms with E-state index in [1.165, 1.54) is 25.2 Å². The van der Waals surface area contributed by atoms with Crippen molar-refractivity contribution in [3.05, 3.63) is 24.3 Å². The molecule has 1 aromatic heterocycles. The second-order valence-electron chi connectivity index (χ2n) is 3.40. The van der Waals surface area contributed by atoms with Gasteiger partial charge in [0.25, 0.3) is 0 Å². The van der Waals surface area contributed by atoms with Crippen molar-refractivity contribution in [3.63, 3.8) is 0 Å². The second-order valence-corrected chi connectivity index (χ2v) is 4.42. The van der Waals surface area contributed by atoms with E-state index in [2.05, 4.69) is 0 Å². The summed E-state index contributed by atoms with van der Waals surface area (Å²) in [7, 11) is 0. The summed E-state index contributed by atoms with van der Waals surface area (Å²) < 4.78 is 11.0. The van der Waals surface area contributed by atoms with Gasteiger partial charge in [0.15, 0.2) is 5.75 Å². The Balaban J connectivity index is 2.56. The maximum absolute atomic E-state index is 11.0. The monoisotopic (exact) mass is 250 g/mol. The van der Waals surface area contributed by atoms with Crippen molar-refractivity contribution in [3.8, 4) is 10.8 Å². The van der Waals surface area contributed by atoms with Gasteiger partial charge in [-0.15, -0.1) is 0 Å². The molecule has 0 saturated carbocycles. The Kier molecular flexibility index (Phi) is 3.10. The van der Waals surface area contributed by atoms with Gasteiger partial charge in [0.05, 0.1) is 0 Å². The number of hydrogen-bond acceptors (Lipinski definition) is 5. The molecule has 2 rings (SSSR count). The molecule has 0 spiro atoms. The maximum Gasteiger partial charge on any atom is 0.308 e. The fourth-order valence-corrected chi connectivity index (χ4v) is 2.46. The van der Waals surface area contributed by atoms with Crippen LogP contribution in [-0.2, 0) is 9.59 Å². The van der Waals surface area contributed by atoms with Gasteiger partial charge in [0.2, 0.25) is 5.06 Å². The van der Waals surface area contributed by atoms with Crippen LogP contribution in [0.5, 0.6) is 10.8 Å². The molecule has 17 heavy (non-hydrogen) atoms. The van der Waals surface area contributed by atoms with Crippen molar-refractivity contribution in [2.75, 3.05) is 0 Å². The van der Waals surface area contributed by atoms with Gasteiger partial charge in [-0.05, 0) is 12.1 Å². The molecule has 2 aromatic rings. The molecule has 0 fully saturated rings. The summed E-state index contributed by atoms with van der Waals surface area (Å²) in [5.41, 5.74) is 0. The Morgan fingerprint density at radius 2 is 1.71 bits per heavy atom. The first-order valence-corrected chi connectivity index (χ1v) is 5.78. The Morgan fingerprint density at radius 1 is 1.06 bits per heavy atom. The summed E-state index contributed by atoms with van der Waals surface area (Å²) in [6.07, 6.45) is 0. The molecule has 0 radical (unpaired) electrons. The van der Waals surface area contributed by atoms with Gasteiger partial charge in [0.1, 0.15) is 0 Å². The molecule has 0 N–H and O–H groups in total. The molecule has 0 bridgehead atoms. The van der Waals surface area contributed by atoms with Crippen LogP contribution in [0.3, 0.4) is 0 Å². The Bertz CT molecular complexity index is 585. The molecule has 0 saturated heterocycles. The molecule has 1 heterocycles. The molecule has 0 aliphatic heterocycles. The SMILES string of the molecule is CC(=O)Oc1sc2ccccc2c1OC(C)=O. The largest absolute Gasteiger partial charge is 0.421 e. The third-order valence-electron chi connectivity index (χ3n) is 2.00. The van der Waals surface area contributed by atoms with Crippen molar-refractivity contribution in [2.45, 2.75) is 13.8 Å². The molecule has 0 atom stereocenters. The minimum atomic E-state index is -0.443. The summed E-state index contributed by atoms with van der Waals surface area (Å²) in [4.78, 5) is 22.0. The third kappa shape index (κ3) is 2.45. The number of hydrogen-bond donors (Lipinski definition) is 0. The fraction of sp³-hybridized carbons (Fsp3) is 0.167. The lowest BCUT2D eigenvalue weighted by molar-refractivity contribution is -0.134. The van der Waals surface area contributed by atoms with E-state index in [1.54, 1.807) is 0 Å². The van der Waals surface area contributed by atoms with Gasteiger partial charge in [-0.2, -0.15) is 0 Å². The van der Waals surface area contributed by atoms with Crippen LogP contribution in [0.4, 0.5) is 0 Å².